The molecular weight excluding hydrogens is 410 g/mol. The molecule has 3 atom stereocenters. The van der Waals surface area contributed by atoms with Crippen molar-refractivity contribution in [2.45, 2.75) is 31.5 Å². The topological polar surface area (TPSA) is 200 Å². The number of rotatable bonds is 12. The largest absolute Gasteiger partial charge is 0.480 e. The average Bonchev–Trinajstić information content (AvgIpc) is 2.73. The number of hydrogen-bond donors (Lipinski definition) is 7. The zero-order chi connectivity index (χ0) is 23.4. The van der Waals surface area contributed by atoms with Crippen LogP contribution in [0, 0.1) is 0 Å². The highest BCUT2D eigenvalue weighted by molar-refractivity contribution is 5.93. The molecule has 12 heteroatoms. The Kier molecular flexibility index (Phi) is 10.6. The van der Waals surface area contributed by atoms with Crippen molar-refractivity contribution >= 4 is 29.6 Å². The Labute approximate surface area is 178 Å². The first-order valence-electron chi connectivity index (χ1n) is 9.41. The molecule has 4 amide bonds. The Morgan fingerprint density at radius 2 is 1.42 bits per heavy atom. The first kappa shape index (κ1) is 25.5. The van der Waals surface area contributed by atoms with Crippen molar-refractivity contribution in [2.24, 2.45) is 5.73 Å². The quantitative estimate of drug-likeness (QED) is 0.178. The van der Waals surface area contributed by atoms with Gasteiger partial charge in [0.05, 0.1) is 25.7 Å². The van der Waals surface area contributed by atoms with Gasteiger partial charge in [-0.2, -0.15) is 0 Å². The first-order chi connectivity index (χ1) is 14.6. The molecule has 8 N–H and O–H groups in total. The molecule has 1 aromatic rings. The third-order valence-electron chi connectivity index (χ3n) is 4.01. The molecule has 0 aliphatic carbocycles. The summed E-state index contributed by atoms with van der Waals surface area (Å²) in [7, 11) is 0. The number of nitrogens with two attached hydrogens (primary N) is 1. The number of carboxylic acid groups (broad SMARTS) is 1. The molecule has 0 spiro atoms. The lowest BCUT2D eigenvalue weighted by Gasteiger charge is -2.19. The summed E-state index contributed by atoms with van der Waals surface area (Å²) in [6, 6.07) is 5.41. The number of nitrogens with one attached hydrogen (secondary N) is 4. The van der Waals surface area contributed by atoms with Crippen LogP contribution in [0.5, 0.6) is 0 Å². The van der Waals surface area contributed by atoms with E-state index in [2.05, 4.69) is 16.0 Å². The number of aliphatic hydroxyl groups excluding tert-OH is 1. The fourth-order valence-corrected chi connectivity index (χ4v) is 2.35. The second-order valence-electron chi connectivity index (χ2n) is 6.68. The van der Waals surface area contributed by atoms with E-state index in [9.17, 15) is 24.0 Å². The van der Waals surface area contributed by atoms with E-state index in [0.717, 1.165) is 5.56 Å². The van der Waals surface area contributed by atoms with Crippen molar-refractivity contribution in [3.63, 3.8) is 0 Å². The first-order valence-corrected chi connectivity index (χ1v) is 9.41. The third kappa shape index (κ3) is 9.69. The summed E-state index contributed by atoms with van der Waals surface area (Å²) in [5.41, 5.74) is 6.14. The molecular formula is C19H27N5O7. The van der Waals surface area contributed by atoms with E-state index in [0.29, 0.717) is 0 Å². The van der Waals surface area contributed by atoms with Gasteiger partial charge in [-0.25, -0.2) is 4.79 Å². The van der Waals surface area contributed by atoms with Crippen LogP contribution in [0.2, 0.25) is 0 Å². The molecule has 31 heavy (non-hydrogen) atoms. The molecule has 0 aliphatic rings. The van der Waals surface area contributed by atoms with E-state index in [-0.39, 0.29) is 6.42 Å². The van der Waals surface area contributed by atoms with Gasteiger partial charge >= 0.3 is 5.97 Å². The van der Waals surface area contributed by atoms with Crippen LogP contribution in [0.25, 0.3) is 0 Å². The summed E-state index contributed by atoms with van der Waals surface area (Å²) >= 11 is 0. The van der Waals surface area contributed by atoms with Crippen molar-refractivity contribution < 1.29 is 34.2 Å². The Hall–Kier alpha value is -3.51. The number of benzene rings is 1. The van der Waals surface area contributed by atoms with E-state index < -0.39 is 67.4 Å². The van der Waals surface area contributed by atoms with E-state index in [1.165, 1.54) is 6.92 Å². The van der Waals surface area contributed by atoms with Crippen LogP contribution >= 0.6 is 0 Å². The molecule has 0 heterocycles. The lowest BCUT2D eigenvalue weighted by atomic mass is 10.1. The SMILES string of the molecule is CC(N)C(=O)NCC(=O)NC(Cc1ccccc1)C(=O)NCC(=O)NC(CO)C(=O)O. The van der Waals surface area contributed by atoms with E-state index >= 15 is 0 Å². The molecule has 0 radical (unpaired) electrons. The van der Waals surface area contributed by atoms with E-state index in [1.807, 2.05) is 5.32 Å². The Balaban J connectivity index is 2.72. The van der Waals surface area contributed by atoms with E-state index in [1.54, 1.807) is 30.3 Å². The van der Waals surface area contributed by atoms with Gasteiger partial charge in [0.1, 0.15) is 12.1 Å². The molecule has 0 saturated carbocycles. The van der Waals surface area contributed by atoms with Crippen LogP contribution in [0.4, 0.5) is 0 Å². The van der Waals surface area contributed by atoms with Gasteiger partial charge < -0.3 is 37.2 Å². The summed E-state index contributed by atoms with van der Waals surface area (Å²) in [6.07, 6.45) is 0.107. The van der Waals surface area contributed by atoms with Crippen molar-refractivity contribution in [2.75, 3.05) is 19.7 Å². The predicted octanol–water partition coefficient (Wildman–Crippen LogP) is -3.14. The fraction of sp³-hybridized carbons (Fsp3) is 0.421. The second kappa shape index (κ2) is 12.9. The summed E-state index contributed by atoms with van der Waals surface area (Å²) in [5, 5.41) is 26.9. The minimum absolute atomic E-state index is 0.107. The number of aliphatic hydroxyl groups is 1. The lowest BCUT2D eigenvalue weighted by molar-refractivity contribution is -0.142. The fourth-order valence-electron chi connectivity index (χ4n) is 2.35. The second-order valence-corrected chi connectivity index (χ2v) is 6.68. The van der Waals surface area contributed by atoms with Crippen molar-refractivity contribution in [1.82, 2.24) is 21.3 Å². The third-order valence-corrected chi connectivity index (χ3v) is 4.01. The molecule has 1 rings (SSSR count). The summed E-state index contributed by atoms with van der Waals surface area (Å²) in [5.74, 6) is -4.12. The molecule has 0 fully saturated rings. The molecule has 170 valence electrons. The van der Waals surface area contributed by atoms with Gasteiger partial charge in [-0.3, -0.25) is 19.2 Å². The minimum atomic E-state index is -1.50. The molecule has 12 nitrogen and oxygen atoms in total. The normalized spacial score (nSPS) is 13.3. The Bertz CT molecular complexity index is 785. The molecule has 1 aromatic carbocycles. The van der Waals surface area contributed by atoms with E-state index in [4.69, 9.17) is 15.9 Å². The average molecular weight is 437 g/mol. The number of amides is 4. The molecule has 3 unspecified atom stereocenters. The number of hydrogen-bond acceptors (Lipinski definition) is 7. The number of carbonyl (C=O) groups is 5. The monoisotopic (exact) mass is 437 g/mol. The number of aliphatic carboxylic acids is 1. The maximum absolute atomic E-state index is 12.5. The maximum atomic E-state index is 12.5. The smallest absolute Gasteiger partial charge is 0.328 e. The van der Waals surface area contributed by atoms with Crippen LogP contribution in [0.3, 0.4) is 0 Å². The highest BCUT2D eigenvalue weighted by Gasteiger charge is 2.23. The summed E-state index contributed by atoms with van der Waals surface area (Å²) < 4.78 is 0. The van der Waals surface area contributed by atoms with Crippen molar-refractivity contribution in [1.29, 1.82) is 0 Å². The van der Waals surface area contributed by atoms with Gasteiger partial charge in [-0.1, -0.05) is 30.3 Å². The van der Waals surface area contributed by atoms with Crippen LogP contribution in [0.1, 0.15) is 12.5 Å². The number of carbonyl (C=O) groups excluding carboxylic acids is 4. The standard InChI is InChI=1S/C19H27N5O7/c1-11(20)17(28)21-8-15(26)23-13(7-12-5-3-2-4-6-12)18(29)22-9-16(27)24-14(10-25)19(30)31/h2-6,11,13-14,25H,7-10,20H2,1H3,(H,21,28)(H,22,29)(H,23,26)(H,24,27)(H,30,31). The van der Waals surface area contributed by atoms with Gasteiger partial charge in [0, 0.05) is 6.42 Å². The van der Waals surface area contributed by atoms with Crippen LogP contribution in [0.15, 0.2) is 30.3 Å². The highest BCUT2D eigenvalue weighted by atomic mass is 16.4. The molecule has 0 aromatic heterocycles. The highest BCUT2D eigenvalue weighted by Crippen LogP contribution is 2.03. The predicted molar refractivity (Wildman–Crippen MR) is 108 cm³/mol. The van der Waals surface area contributed by atoms with Gasteiger partial charge in [0.2, 0.25) is 23.6 Å². The summed E-state index contributed by atoms with van der Waals surface area (Å²) in [4.78, 5) is 58.9. The molecule has 0 aliphatic heterocycles. The molecule has 0 bridgehead atoms. The van der Waals surface area contributed by atoms with Crippen LogP contribution in [-0.2, 0) is 30.4 Å². The minimum Gasteiger partial charge on any atom is -0.480 e. The van der Waals surface area contributed by atoms with Crippen LogP contribution < -0.4 is 27.0 Å². The van der Waals surface area contributed by atoms with Crippen LogP contribution in [-0.4, -0.2) is 77.6 Å². The van der Waals surface area contributed by atoms with Crippen molar-refractivity contribution in [3.05, 3.63) is 35.9 Å². The summed E-state index contributed by atoms with van der Waals surface area (Å²) in [6.45, 7) is -0.314. The Morgan fingerprint density at radius 3 is 1.90 bits per heavy atom. The van der Waals surface area contributed by atoms with Gasteiger partial charge in [0.25, 0.3) is 0 Å². The van der Waals surface area contributed by atoms with Crippen molar-refractivity contribution in [3.8, 4) is 0 Å². The zero-order valence-corrected chi connectivity index (χ0v) is 17.0. The van der Waals surface area contributed by atoms with Gasteiger partial charge in [0.15, 0.2) is 0 Å². The zero-order valence-electron chi connectivity index (χ0n) is 17.0. The maximum Gasteiger partial charge on any atom is 0.328 e. The Morgan fingerprint density at radius 1 is 0.903 bits per heavy atom. The van der Waals surface area contributed by atoms with Gasteiger partial charge in [-0.05, 0) is 12.5 Å². The number of carboxylic acids is 1. The molecule has 0 saturated heterocycles. The lowest BCUT2D eigenvalue weighted by Crippen LogP contribution is -2.53. The van der Waals surface area contributed by atoms with Gasteiger partial charge in [-0.15, -0.1) is 0 Å².